The number of thiophene rings is 1. The van der Waals surface area contributed by atoms with E-state index in [0.717, 1.165) is 16.7 Å². The van der Waals surface area contributed by atoms with Crippen molar-refractivity contribution in [3.05, 3.63) is 45.1 Å². The van der Waals surface area contributed by atoms with Crippen molar-refractivity contribution in [1.82, 2.24) is 4.90 Å². The van der Waals surface area contributed by atoms with E-state index in [-0.39, 0.29) is 6.03 Å². The van der Waals surface area contributed by atoms with Crippen molar-refractivity contribution in [3.63, 3.8) is 0 Å². The highest BCUT2D eigenvalue weighted by atomic mass is 79.9. The largest absolute Gasteiger partial charge is 0.397 e. The Balaban J connectivity index is 1.78. The maximum atomic E-state index is 12.5. The second-order valence-electron chi connectivity index (χ2n) is 4.61. The summed E-state index contributed by atoms with van der Waals surface area (Å²) in [5.41, 5.74) is 7.39. The van der Waals surface area contributed by atoms with Crippen LogP contribution in [-0.2, 0) is 6.54 Å². The molecule has 1 aromatic carbocycles. The van der Waals surface area contributed by atoms with Crippen LogP contribution in [0.2, 0.25) is 0 Å². The third-order valence-corrected chi connectivity index (χ3v) is 5.26. The van der Waals surface area contributed by atoms with Gasteiger partial charge in [0.25, 0.3) is 0 Å². The number of nitrogens with two attached hydrogens (primary N) is 1. The Morgan fingerprint density at radius 1 is 1.25 bits per heavy atom. The zero-order chi connectivity index (χ0) is 14.1. The molecule has 2 N–H and O–H groups in total. The summed E-state index contributed by atoms with van der Waals surface area (Å²) in [6.45, 7) is 2.04. The Morgan fingerprint density at radius 2 is 2.05 bits per heavy atom. The standard InChI is InChI=1S/C14H14BrN3OS/c15-10-5-8-20-13(10)9-17-6-7-18(14(17)19)12-4-2-1-3-11(12)16/h1-5,8H,6-7,9,16H2. The van der Waals surface area contributed by atoms with E-state index >= 15 is 0 Å². The molecule has 0 unspecified atom stereocenters. The summed E-state index contributed by atoms with van der Waals surface area (Å²) in [4.78, 5) is 17.2. The zero-order valence-corrected chi connectivity index (χ0v) is 13.2. The first-order valence-corrected chi connectivity index (χ1v) is 7.97. The Kier molecular flexibility index (Phi) is 3.67. The number of halogens is 1. The van der Waals surface area contributed by atoms with Gasteiger partial charge >= 0.3 is 6.03 Å². The maximum Gasteiger partial charge on any atom is 0.325 e. The van der Waals surface area contributed by atoms with Gasteiger partial charge in [-0.15, -0.1) is 11.3 Å². The van der Waals surface area contributed by atoms with E-state index in [4.69, 9.17) is 5.73 Å². The quantitative estimate of drug-likeness (QED) is 0.859. The summed E-state index contributed by atoms with van der Waals surface area (Å²) in [5, 5.41) is 2.02. The lowest BCUT2D eigenvalue weighted by Crippen LogP contribution is -2.31. The number of urea groups is 1. The van der Waals surface area contributed by atoms with Crippen molar-refractivity contribution in [2.24, 2.45) is 0 Å². The summed E-state index contributed by atoms with van der Waals surface area (Å²) in [5.74, 6) is 0. The number of carbonyl (C=O) groups excluding carboxylic acids is 1. The van der Waals surface area contributed by atoms with Gasteiger partial charge in [-0.1, -0.05) is 12.1 Å². The maximum absolute atomic E-state index is 12.5. The predicted octanol–water partition coefficient (Wildman–Crippen LogP) is 3.54. The molecule has 1 fully saturated rings. The second-order valence-corrected chi connectivity index (χ2v) is 6.46. The number of nitrogen functional groups attached to an aromatic ring is 1. The number of para-hydroxylation sites is 2. The molecule has 20 heavy (non-hydrogen) atoms. The predicted molar refractivity (Wildman–Crippen MR) is 86.0 cm³/mol. The molecule has 2 amide bonds. The number of hydrogen-bond acceptors (Lipinski definition) is 3. The van der Waals surface area contributed by atoms with E-state index in [1.165, 1.54) is 4.88 Å². The average Bonchev–Trinajstić information content (AvgIpc) is 2.99. The molecule has 0 aliphatic carbocycles. The molecule has 0 saturated carbocycles. The van der Waals surface area contributed by atoms with E-state index in [2.05, 4.69) is 15.9 Å². The molecule has 3 rings (SSSR count). The van der Waals surface area contributed by atoms with Gasteiger partial charge in [0, 0.05) is 22.4 Å². The molecule has 2 aromatic rings. The molecule has 0 atom stereocenters. The summed E-state index contributed by atoms with van der Waals surface area (Å²) < 4.78 is 1.06. The van der Waals surface area contributed by atoms with Crippen LogP contribution < -0.4 is 10.6 Å². The zero-order valence-electron chi connectivity index (χ0n) is 10.8. The first kappa shape index (κ1) is 13.5. The molecular formula is C14H14BrN3OS. The van der Waals surface area contributed by atoms with E-state index in [1.54, 1.807) is 16.2 Å². The SMILES string of the molecule is Nc1ccccc1N1CCN(Cc2sccc2Br)C1=O. The van der Waals surface area contributed by atoms with Crippen molar-refractivity contribution >= 4 is 44.7 Å². The Hall–Kier alpha value is -1.53. The molecule has 4 nitrogen and oxygen atoms in total. The van der Waals surface area contributed by atoms with Crippen LogP contribution in [-0.4, -0.2) is 24.0 Å². The number of rotatable bonds is 3. The minimum Gasteiger partial charge on any atom is -0.397 e. The van der Waals surface area contributed by atoms with Crippen LogP contribution in [0.5, 0.6) is 0 Å². The summed E-state index contributed by atoms with van der Waals surface area (Å²) in [7, 11) is 0. The van der Waals surface area contributed by atoms with Crippen LogP contribution >= 0.6 is 27.3 Å². The number of hydrogen-bond donors (Lipinski definition) is 1. The smallest absolute Gasteiger partial charge is 0.325 e. The van der Waals surface area contributed by atoms with Gasteiger partial charge in [0.1, 0.15) is 0 Å². The molecule has 2 heterocycles. The van der Waals surface area contributed by atoms with Crippen LogP contribution in [0.15, 0.2) is 40.2 Å². The fourth-order valence-electron chi connectivity index (χ4n) is 2.30. The highest BCUT2D eigenvalue weighted by Gasteiger charge is 2.30. The van der Waals surface area contributed by atoms with Crippen LogP contribution in [0.4, 0.5) is 16.2 Å². The number of anilines is 2. The van der Waals surface area contributed by atoms with Gasteiger partial charge in [0.05, 0.1) is 17.9 Å². The topological polar surface area (TPSA) is 49.6 Å². The number of amides is 2. The van der Waals surface area contributed by atoms with E-state index in [1.807, 2.05) is 40.6 Å². The Bertz CT molecular complexity index is 643. The van der Waals surface area contributed by atoms with Crippen LogP contribution in [0, 0.1) is 0 Å². The van der Waals surface area contributed by atoms with Gasteiger partial charge in [-0.2, -0.15) is 0 Å². The lowest BCUT2D eigenvalue weighted by atomic mass is 10.2. The van der Waals surface area contributed by atoms with Crippen LogP contribution in [0.25, 0.3) is 0 Å². The van der Waals surface area contributed by atoms with E-state index < -0.39 is 0 Å². The fraction of sp³-hybridized carbons (Fsp3) is 0.214. The first-order valence-electron chi connectivity index (χ1n) is 6.29. The van der Waals surface area contributed by atoms with Crippen molar-refractivity contribution in [2.75, 3.05) is 23.7 Å². The number of nitrogens with zero attached hydrogens (tertiary/aromatic N) is 2. The molecule has 1 aromatic heterocycles. The number of benzene rings is 1. The van der Waals surface area contributed by atoms with E-state index in [9.17, 15) is 4.79 Å². The van der Waals surface area contributed by atoms with Gasteiger partial charge in [-0.05, 0) is 39.5 Å². The molecule has 0 bridgehead atoms. The van der Waals surface area contributed by atoms with Crippen LogP contribution in [0.1, 0.15) is 4.88 Å². The molecule has 0 spiro atoms. The molecule has 1 saturated heterocycles. The van der Waals surface area contributed by atoms with Crippen molar-refractivity contribution < 1.29 is 4.79 Å². The van der Waals surface area contributed by atoms with Gasteiger partial charge in [0.15, 0.2) is 0 Å². The second kappa shape index (κ2) is 5.46. The van der Waals surface area contributed by atoms with Gasteiger partial charge in [-0.25, -0.2) is 4.79 Å². The van der Waals surface area contributed by atoms with Gasteiger partial charge in [-0.3, -0.25) is 4.90 Å². The molecule has 1 aliphatic heterocycles. The van der Waals surface area contributed by atoms with Gasteiger partial charge in [0.2, 0.25) is 0 Å². The summed E-state index contributed by atoms with van der Waals surface area (Å²) >= 11 is 5.16. The molecule has 0 radical (unpaired) electrons. The fourth-order valence-corrected chi connectivity index (χ4v) is 3.79. The average molecular weight is 352 g/mol. The van der Waals surface area contributed by atoms with Crippen molar-refractivity contribution in [2.45, 2.75) is 6.54 Å². The minimum absolute atomic E-state index is 0.0169. The van der Waals surface area contributed by atoms with Crippen molar-refractivity contribution in [1.29, 1.82) is 0 Å². The highest BCUT2D eigenvalue weighted by Crippen LogP contribution is 2.29. The number of carbonyl (C=O) groups is 1. The Morgan fingerprint density at radius 3 is 2.75 bits per heavy atom. The molecule has 1 aliphatic rings. The molecular weight excluding hydrogens is 338 g/mol. The van der Waals surface area contributed by atoms with Crippen LogP contribution in [0.3, 0.4) is 0 Å². The molecule has 6 heteroatoms. The summed E-state index contributed by atoms with van der Waals surface area (Å²) in [6, 6.07) is 9.51. The normalized spacial score (nSPS) is 15.2. The minimum atomic E-state index is 0.0169. The lowest BCUT2D eigenvalue weighted by Gasteiger charge is -2.19. The van der Waals surface area contributed by atoms with Gasteiger partial charge < -0.3 is 10.6 Å². The van der Waals surface area contributed by atoms with E-state index in [0.29, 0.717) is 18.8 Å². The first-order chi connectivity index (χ1) is 9.66. The summed E-state index contributed by atoms with van der Waals surface area (Å²) in [6.07, 6.45) is 0. The monoisotopic (exact) mass is 351 g/mol. The third kappa shape index (κ3) is 2.41. The Labute approximate surface area is 129 Å². The third-order valence-electron chi connectivity index (χ3n) is 3.35. The highest BCUT2D eigenvalue weighted by molar-refractivity contribution is 9.10. The lowest BCUT2D eigenvalue weighted by molar-refractivity contribution is 0.219. The molecule has 104 valence electrons. The van der Waals surface area contributed by atoms with Crippen molar-refractivity contribution in [3.8, 4) is 0 Å².